The molecule has 3 N–H and O–H groups in total. The molecule has 1 rings (SSSR count). The zero-order chi connectivity index (χ0) is 15.0. The summed E-state index contributed by atoms with van der Waals surface area (Å²) in [4.78, 5) is 12.0. The molecule has 1 amide bonds. The molecule has 0 saturated heterocycles. The van der Waals surface area contributed by atoms with Gasteiger partial charge in [-0.15, -0.1) is 0 Å². The Labute approximate surface area is 120 Å². The molecule has 5 nitrogen and oxygen atoms in total. The summed E-state index contributed by atoms with van der Waals surface area (Å²) in [6.45, 7) is 4.00. The maximum Gasteiger partial charge on any atom is 0.226 e. The zero-order valence-electron chi connectivity index (χ0n) is 12.3. The second kappa shape index (κ2) is 8.55. The van der Waals surface area contributed by atoms with E-state index in [4.69, 9.17) is 9.84 Å². The lowest BCUT2D eigenvalue weighted by atomic mass is 10.1. The summed E-state index contributed by atoms with van der Waals surface area (Å²) in [7, 11) is 1.57. The first kappa shape index (κ1) is 16.5. The van der Waals surface area contributed by atoms with Crippen LogP contribution in [0.15, 0.2) is 24.3 Å². The van der Waals surface area contributed by atoms with Crippen molar-refractivity contribution in [3.63, 3.8) is 0 Å². The molecule has 0 radical (unpaired) electrons. The van der Waals surface area contributed by atoms with Crippen LogP contribution in [0.1, 0.15) is 26.7 Å². The standard InChI is InChI=1S/C15H24N2O3/c1-4-12(10-18)16-11(2)9-15(19)17-13-7-5-6-8-14(13)20-3/h5-8,11-12,16,18H,4,9-10H2,1-3H3,(H,17,19). The summed E-state index contributed by atoms with van der Waals surface area (Å²) < 4.78 is 5.19. The number of ether oxygens (including phenoxy) is 1. The molecular formula is C15H24N2O3. The minimum absolute atomic E-state index is 0.00167. The number of aliphatic hydroxyl groups excluding tert-OH is 1. The number of rotatable bonds is 8. The first-order valence-corrected chi connectivity index (χ1v) is 6.90. The molecule has 20 heavy (non-hydrogen) atoms. The molecule has 5 heteroatoms. The fraction of sp³-hybridized carbons (Fsp3) is 0.533. The first-order valence-electron chi connectivity index (χ1n) is 6.90. The van der Waals surface area contributed by atoms with Crippen LogP contribution in [0.2, 0.25) is 0 Å². The van der Waals surface area contributed by atoms with Crippen molar-refractivity contribution in [1.82, 2.24) is 5.32 Å². The van der Waals surface area contributed by atoms with Crippen molar-refractivity contribution in [2.75, 3.05) is 19.0 Å². The number of methoxy groups -OCH3 is 1. The van der Waals surface area contributed by atoms with Gasteiger partial charge in [-0.25, -0.2) is 0 Å². The van der Waals surface area contributed by atoms with Gasteiger partial charge in [-0.3, -0.25) is 4.79 Å². The molecule has 0 aliphatic rings. The van der Waals surface area contributed by atoms with Crippen LogP contribution >= 0.6 is 0 Å². The van der Waals surface area contributed by atoms with Crippen LogP contribution in [-0.4, -0.2) is 36.8 Å². The predicted octanol–water partition coefficient (Wildman–Crippen LogP) is 1.77. The number of amides is 1. The highest BCUT2D eigenvalue weighted by Crippen LogP contribution is 2.23. The quantitative estimate of drug-likeness (QED) is 0.679. The molecule has 1 aromatic rings. The van der Waals surface area contributed by atoms with Crippen LogP contribution in [-0.2, 0) is 4.79 Å². The van der Waals surface area contributed by atoms with Gasteiger partial charge in [0.15, 0.2) is 0 Å². The highest BCUT2D eigenvalue weighted by atomic mass is 16.5. The number of nitrogens with one attached hydrogen (secondary N) is 2. The smallest absolute Gasteiger partial charge is 0.226 e. The van der Waals surface area contributed by atoms with Gasteiger partial charge in [0.05, 0.1) is 19.4 Å². The van der Waals surface area contributed by atoms with Crippen LogP contribution in [0.5, 0.6) is 5.75 Å². The second-order valence-electron chi connectivity index (χ2n) is 4.81. The lowest BCUT2D eigenvalue weighted by Crippen LogP contribution is -2.40. The van der Waals surface area contributed by atoms with Gasteiger partial charge in [-0.1, -0.05) is 19.1 Å². The maximum absolute atomic E-state index is 12.0. The third-order valence-corrected chi connectivity index (χ3v) is 3.11. The van der Waals surface area contributed by atoms with E-state index in [2.05, 4.69) is 10.6 Å². The number of hydrogen-bond donors (Lipinski definition) is 3. The number of para-hydroxylation sites is 2. The average Bonchev–Trinajstić information content (AvgIpc) is 2.45. The SMILES string of the molecule is CCC(CO)NC(C)CC(=O)Nc1ccccc1OC. The van der Waals surface area contributed by atoms with Crippen molar-refractivity contribution in [2.45, 2.75) is 38.8 Å². The van der Waals surface area contributed by atoms with Gasteiger partial charge in [0.1, 0.15) is 5.75 Å². The fourth-order valence-corrected chi connectivity index (χ4v) is 1.99. The number of carbonyl (C=O) groups excluding carboxylic acids is 1. The van der Waals surface area contributed by atoms with Gasteiger partial charge in [0.2, 0.25) is 5.91 Å². The molecule has 0 heterocycles. The van der Waals surface area contributed by atoms with Crippen LogP contribution in [0.3, 0.4) is 0 Å². The highest BCUT2D eigenvalue weighted by molar-refractivity contribution is 5.92. The molecule has 2 atom stereocenters. The Balaban J connectivity index is 2.51. The molecule has 0 saturated carbocycles. The van der Waals surface area contributed by atoms with E-state index in [1.165, 1.54) is 0 Å². The lowest BCUT2D eigenvalue weighted by molar-refractivity contribution is -0.116. The summed E-state index contributed by atoms with van der Waals surface area (Å²) in [5.41, 5.74) is 0.668. The van der Waals surface area contributed by atoms with E-state index >= 15 is 0 Å². The van der Waals surface area contributed by atoms with Crippen LogP contribution in [0.25, 0.3) is 0 Å². The minimum Gasteiger partial charge on any atom is -0.495 e. The lowest BCUT2D eigenvalue weighted by Gasteiger charge is -2.20. The molecule has 0 aliphatic carbocycles. The fourth-order valence-electron chi connectivity index (χ4n) is 1.99. The number of aliphatic hydroxyl groups is 1. The van der Waals surface area contributed by atoms with Crippen molar-refractivity contribution in [2.24, 2.45) is 0 Å². The van der Waals surface area contributed by atoms with Gasteiger partial charge in [-0.2, -0.15) is 0 Å². The van der Waals surface area contributed by atoms with Gasteiger partial charge in [0.25, 0.3) is 0 Å². The molecule has 0 aliphatic heterocycles. The topological polar surface area (TPSA) is 70.6 Å². The molecule has 0 aromatic heterocycles. The summed E-state index contributed by atoms with van der Waals surface area (Å²) in [5.74, 6) is 0.561. The Morgan fingerprint density at radius 3 is 2.70 bits per heavy atom. The molecule has 0 fully saturated rings. The molecule has 112 valence electrons. The second-order valence-corrected chi connectivity index (χ2v) is 4.81. The Kier molecular flexibility index (Phi) is 7.04. The Bertz CT molecular complexity index is 419. The average molecular weight is 280 g/mol. The van der Waals surface area contributed by atoms with E-state index < -0.39 is 0 Å². The van der Waals surface area contributed by atoms with Gasteiger partial charge < -0.3 is 20.5 Å². The largest absolute Gasteiger partial charge is 0.495 e. The van der Waals surface area contributed by atoms with Gasteiger partial charge in [-0.05, 0) is 25.5 Å². The minimum atomic E-state index is -0.0812. The molecule has 1 aromatic carbocycles. The molecule has 0 bridgehead atoms. The molecular weight excluding hydrogens is 256 g/mol. The summed E-state index contributed by atoms with van der Waals surface area (Å²) in [6, 6.07) is 7.34. The zero-order valence-corrected chi connectivity index (χ0v) is 12.3. The van der Waals surface area contributed by atoms with Crippen molar-refractivity contribution in [3.05, 3.63) is 24.3 Å². The molecule has 2 unspecified atom stereocenters. The van der Waals surface area contributed by atoms with E-state index in [9.17, 15) is 4.79 Å². The third-order valence-electron chi connectivity index (χ3n) is 3.11. The van der Waals surface area contributed by atoms with Crippen molar-refractivity contribution in [1.29, 1.82) is 0 Å². The van der Waals surface area contributed by atoms with Gasteiger partial charge in [0, 0.05) is 18.5 Å². The summed E-state index contributed by atoms with van der Waals surface area (Å²) in [6.07, 6.45) is 1.17. The van der Waals surface area contributed by atoms with Crippen molar-refractivity contribution >= 4 is 11.6 Å². The van der Waals surface area contributed by atoms with E-state index in [1.807, 2.05) is 26.0 Å². The van der Waals surface area contributed by atoms with Crippen LogP contribution in [0, 0.1) is 0 Å². The monoisotopic (exact) mass is 280 g/mol. The van der Waals surface area contributed by atoms with Crippen LogP contribution < -0.4 is 15.4 Å². The van der Waals surface area contributed by atoms with E-state index in [1.54, 1.807) is 19.2 Å². The Hall–Kier alpha value is -1.59. The van der Waals surface area contributed by atoms with E-state index in [0.717, 1.165) is 6.42 Å². The number of hydrogen-bond acceptors (Lipinski definition) is 4. The van der Waals surface area contributed by atoms with E-state index in [0.29, 0.717) is 17.9 Å². The number of benzene rings is 1. The predicted molar refractivity (Wildman–Crippen MR) is 80.0 cm³/mol. The van der Waals surface area contributed by atoms with Crippen LogP contribution in [0.4, 0.5) is 5.69 Å². The Morgan fingerprint density at radius 1 is 1.40 bits per heavy atom. The third kappa shape index (κ3) is 5.19. The highest BCUT2D eigenvalue weighted by Gasteiger charge is 2.14. The summed E-state index contributed by atoms with van der Waals surface area (Å²) >= 11 is 0. The first-order chi connectivity index (χ1) is 9.60. The van der Waals surface area contributed by atoms with Gasteiger partial charge >= 0.3 is 0 Å². The number of carbonyl (C=O) groups is 1. The summed E-state index contributed by atoms with van der Waals surface area (Å²) in [5, 5.41) is 15.2. The maximum atomic E-state index is 12.0. The normalized spacial score (nSPS) is 13.6. The Morgan fingerprint density at radius 2 is 2.10 bits per heavy atom. The van der Waals surface area contributed by atoms with E-state index in [-0.39, 0.29) is 24.6 Å². The van der Waals surface area contributed by atoms with Crippen molar-refractivity contribution in [3.8, 4) is 5.75 Å². The number of anilines is 1. The molecule has 0 spiro atoms. The van der Waals surface area contributed by atoms with Crippen molar-refractivity contribution < 1.29 is 14.6 Å².